The van der Waals surface area contributed by atoms with Crippen LogP contribution in [0.2, 0.25) is 5.02 Å². The number of aryl methyl sites for hydroxylation is 1. The number of imidazole rings is 1. The minimum atomic E-state index is -0.133. The maximum atomic E-state index is 12.3. The molecule has 1 N–H and O–H groups in total. The lowest BCUT2D eigenvalue weighted by Crippen LogP contribution is -2.28. The Balaban J connectivity index is 1.66. The highest BCUT2D eigenvalue weighted by molar-refractivity contribution is 7.99. The fourth-order valence-electron chi connectivity index (χ4n) is 2.79. The van der Waals surface area contributed by atoms with E-state index in [2.05, 4.69) is 27.9 Å². The lowest BCUT2D eigenvalue weighted by molar-refractivity contribution is -0.119. The van der Waals surface area contributed by atoms with Crippen LogP contribution in [0.3, 0.4) is 0 Å². The molecule has 0 aliphatic rings. The fourth-order valence-corrected chi connectivity index (χ4v) is 3.98. The summed E-state index contributed by atoms with van der Waals surface area (Å²) in [5.41, 5.74) is 2.97. The van der Waals surface area contributed by atoms with Crippen molar-refractivity contribution in [1.82, 2.24) is 14.9 Å². The van der Waals surface area contributed by atoms with Gasteiger partial charge in [0.05, 0.1) is 22.8 Å². The molecule has 6 heteroatoms. The second-order valence-corrected chi connectivity index (χ2v) is 7.08. The first-order valence-corrected chi connectivity index (χ1v) is 9.58. The number of hydrogen-bond donors (Lipinski definition) is 1. The zero-order chi connectivity index (χ0) is 17.8. The van der Waals surface area contributed by atoms with Crippen LogP contribution < -0.4 is 5.32 Å². The number of nitrogens with one attached hydrogen (secondary N) is 1. The van der Waals surface area contributed by atoms with E-state index in [-0.39, 0.29) is 11.9 Å². The summed E-state index contributed by atoms with van der Waals surface area (Å²) in [5, 5.41) is 4.52. The van der Waals surface area contributed by atoms with E-state index in [1.807, 2.05) is 49.4 Å². The Hall–Kier alpha value is -1.98. The molecule has 0 spiro atoms. The van der Waals surface area contributed by atoms with Crippen LogP contribution in [-0.2, 0) is 11.3 Å². The van der Waals surface area contributed by atoms with Gasteiger partial charge in [-0.3, -0.25) is 4.79 Å². The Labute approximate surface area is 156 Å². The van der Waals surface area contributed by atoms with E-state index in [0.717, 1.165) is 28.3 Å². The van der Waals surface area contributed by atoms with Crippen LogP contribution in [0.15, 0.2) is 53.7 Å². The lowest BCUT2D eigenvalue weighted by atomic mass is 10.1. The lowest BCUT2D eigenvalue weighted by Gasteiger charge is -2.15. The van der Waals surface area contributed by atoms with Crippen LogP contribution in [0.5, 0.6) is 0 Å². The van der Waals surface area contributed by atoms with Crippen molar-refractivity contribution in [3.63, 3.8) is 0 Å². The molecule has 3 rings (SSSR count). The number of amides is 1. The van der Waals surface area contributed by atoms with Crippen molar-refractivity contribution in [2.75, 3.05) is 5.75 Å². The summed E-state index contributed by atoms with van der Waals surface area (Å²) in [5.74, 6) is 0.283. The van der Waals surface area contributed by atoms with E-state index in [1.165, 1.54) is 11.8 Å². The third kappa shape index (κ3) is 3.99. The molecule has 0 saturated carbocycles. The highest BCUT2D eigenvalue weighted by Gasteiger charge is 2.15. The van der Waals surface area contributed by atoms with Crippen molar-refractivity contribution in [3.8, 4) is 0 Å². The maximum absolute atomic E-state index is 12.3. The first-order valence-electron chi connectivity index (χ1n) is 8.22. The van der Waals surface area contributed by atoms with Crippen LogP contribution in [0, 0.1) is 0 Å². The molecule has 1 amide bonds. The standard InChI is InChI=1S/C19H20ClN3OS/c1-3-23-17-11-7-6-10-16(17)22-19(23)25-12-18(24)21-13(2)14-8-4-5-9-15(14)20/h4-11,13H,3,12H2,1-2H3,(H,21,24)/t13-/m0/s1. The quantitative estimate of drug-likeness (QED) is 0.638. The fraction of sp³-hybridized carbons (Fsp3) is 0.263. The van der Waals surface area contributed by atoms with Gasteiger partial charge in [0.15, 0.2) is 5.16 Å². The molecule has 1 atom stereocenters. The average molecular weight is 374 g/mol. The summed E-state index contributed by atoms with van der Waals surface area (Å²) in [4.78, 5) is 16.9. The smallest absolute Gasteiger partial charge is 0.230 e. The molecule has 0 unspecified atom stereocenters. The number of benzene rings is 2. The van der Waals surface area contributed by atoms with Crippen molar-refractivity contribution in [3.05, 3.63) is 59.1 Å². The van der Waals surface area contributed by atoms with Crippen LogP contribution in [0.1, 0.15) is 25.5 Å². The number of nitrogens with zero attached hydrogens (tertiary/aromatic N) is 2. The van der Waals surface area contributed by atoms with E-state index in [1.54, 1.807) is 0 Å². The summed E-state index contributed by atoms with van der Waals surface area (Å²) < 4.78 is 2.13. The molecule has 0 bridgehead atoms. The van der Waals surface area contributed by atoms with E-state index < -0.39 is 0 Å². The number of para-hydroxylation sites is 2. The van der Waals surface area contributed by atoms with Gasteiger partial charge in [0.25, 0.3) is 0 Å². The zero-order valence-corrected chi connectivity index (χ0v) is 15.8. The Bertz CT molecular complexity index is 893. The molecule has 3 aromatic rings. The first kappa shape index (κ1) is 17.8. The number of fused-ring (bicyclic) bond motifs is 1. The van der Waals surface area contributed by atoms with Gasteiger partial charge in [-0.25, -0.2) is 4.98 Å². The van der Waals surface area contributed by atoms with Gasteiger partial charge in [0.2, 0.25) is 5.91 Å². The monoisotopic (exact) mass is 373 g/mol. The second-order valence-electron chi connectivity index (χ2n) is 5.73. The minimum Gasteiger partial charge on any atom is -0.349 e. The SMILES string of the molecule is CCn1c(SCC(=O)N[C@@H](C)c2ccccc2Cl)nc2ccccc21. The Morgan fingerprint density at radius 3 is 2.72 bits per heavy atom. The molecular weight excluding hydrogens is 354 g/mol. The molecular formula is C19H20ClN3OS. The Morgan fingerprint density at radius 1 is 1.24 bits per heavy atom. The number of hydrogen-bond acceptors (Lipinski definition) is 3. The molecule has 25 heavy (non-hydrogen) atoms. The van der Waals surface area contributed by atoms with E-state index in [0.29, 0.717) is 10.8 Å². The average Bonchev–Trinajstić information content (AvgIpc) is 2.97. The van der Waals surface area contributed by atoms with Crippen molar-refractivity contribution >= 4 is 40.3 Å². The second kappa shape index (κ2) is 7.93. The molecule has 0 aliphatic carbocycles. The van der Waals surface area contributed by atoms with Crippen LogP contribution in [0.4, 0.5) is 0 Å². The zero-order valence-electron chi connectivity index (χ0n) is 14.2. The van der Waals surface area contributed by atoms with Gasteiger partial charge in [0, 0.05) is 11.6 Å². The van der Waals surface area contributed by atoms with Crippen LogP contribution in [-0.4, -0.2) is 21.2 Å². The predicted octanol–water partition coefficient (Wildman–Crippen LogP) is 4.68. The Morgan fingerprint density at radius 2 is 1.96 bits per heavy atom. The van der Waals surface area contributed by atoms with E-state index in [9.17, 15) is 4.79 Å². The molecule has 2 aromatic carbocycles. The van der Waals surface area contributed by atoms with Crippen LogP contribution >= 0.6 is 23.4 Å². The number of carbonyl (C=O) groups excluding carboxylic acids is 1. The molecule has 4 nitrogen and oxygen atoms in total. The highest BCUT2D eigenvalue weighted by atomic mass is 35.5. The molecule has 1 aromatic heterocycles. The van der Waals surface area contributed by atoms with Gasteiger partial charge >= 0.3 is 0 Å². The molecule has 1 heterocycles. The Kier molecular flexibility index (Phi) is 5.66. The van der Waals surface area contributed by atoms with Crippen molar-refractivity contribution in [2.45, 2.75) is 31.6 Å². The number of thioether (sulfide) groups is 1. The summed E-state index contributed by atoms with van der Waals surface area (Å²) in [6, 6.07) is 15.4. The largest absolute Gasteiger partial charge is 0.349 e. The molecule has 0 aliphatic heterocycles. The number of rotatable bonds is 6. The van der Waals surface area contributed by atoms with E-state index >= 15 is 0 Å². The van der Waals surface area contributed by atoms with Gasteiger partial charge in [0.1, 0.15) is 0 Å². The van der Waals surface area contributed by atoms with Gasteiger partial charge in [-0.1, -0.05) is 53.7 Å². The number of halogens is 1. The van der Waals surface area contributed by atoms with Crippen molar-refractivity contribution in [1.29, 1.82) is 0 Å². The minimum absolute atomic E-state index is 0.0351. The summed E-state index contributed by atoms with van der Waals surface area (Å²) in [6.07, 6.45) is 0. The first-order chi connectivity index (χ1) is 12.1. The third-order valence-electron chi connectivity index (χ3n) is 4.02. The normalized spacial score (nSPS) is 12.3. The van der Waals surface area contributed by atoms with Gasteiger partial charge < -0.3 is 9.88 Å². The van der Waals surface area contributed by atoms with Gasteiger partial charge in [-0.05, 0) is 37.6 Å². The summed E-state index contributed by atoms with van der Waals surface area (Å²) in [7, 11) is 0. The van der Waals surface area contributed by atoms with Gasteiger partial charge in [-0.15, -0.1) is 0 Å². The van der Waals surface area contributed by atoms with Crippen LogP contribution in [0.25, 0.3) is 11.0 Å². The van der Waals surface area contributed by atoms with E-state index in [4.69, 9.17) is 11.6 Å². The molecule has 130 valence electrons. The third-order valence-corrected chi connectivity index (χ3v) is 5.34. The summed E-state index contributed by atoms with van der Waals surface area (Å²) in [6.45, 7) is 4.84. The van der Waals surface area contributed by atoms with Crippen molar-refractivity contribution in [2.24, 2.45) is 0 Å². The predicted molar refractivity (Wildman–Crippen MR) is 104 cm³/mol. The summed E-state index contributed by atoms with van der Waals surface area (Å²) >= 11 is 7.64. The molecule has 0 saturated heterocycles. The number of carbonyl (C=O) groups is 1. The molecule has 0 fully saturated rings. The van der Waals surface area contributed by atoms with Crippen molar-refractivity contribution < 1.29 is 4.79 Å². The van der Waals surface area contributed by atoms with Gasteiger partial charge in [-0.2, -0.15) is 0 Å². The molecule has 0 radical (unpaired) electrons. The number of aromatic nitrogens is 2. The topological polar surface area (TPSA) is 46.9 Å². The maximum Gasteiger partial charge on any atom is 0.230 e. The highest BCUT2D eigenvalue weighted by Crippen LogP contribution is 2.25.